The van der Waals surface area contributed by atoms with Crippen LogP contribution in [-0.4, -0.2) is 18.4 Å². The van der Waals surface area contributed by atoms with Gasteiger partial charge in [0.2, 0.25) is 0 Å². The highest BCUT2D eigenvalue weighted by molar-refractivity contribution is 9.09. The lowest BCUT2D eigenvalue weighted by molar-refractivity contribution is 0.0602. The first-order valence-electron chi connectivity index (χ1n) is 4.39. The van der Waals surface area contributed by atoms with Gasteiger partial charge in [0.25, 0.3) is 0 Å². The number of anilines is 1. The van der Waals surface area contributed by atoms with Gasteiger partial charge in [-0.1, -0.05) is 34.1 Å². The smallest absolute Gasteiger partial charge is 0.339 e. The lowest BCUT2D eigenvalue weighted by Gasteiger charge is -2.04. The second-order valence-corrected chi connectivity index (χ2v) is 3.54. The number of halogens is 1. The first kappa shape index (κ1) is 11.8. The molecule has 0 aliphatic carbocycles. The van der Waals surface area contributed by atoms with Crippen LogP contribution in [0.1, 0.15) is 15.9 Å². The number of hydrogen-bond donors (Lipinski definition) is 1. The maximum atomic E-state index is 11.2. The molecule has 0 saturated heterocycles. The molecule has 1 aromatic rings. The summed E-state index contributed by atoms with van der Waals surface area (Å²) in [5.74, 6) is -0.413. The minimum absolute atomic E-state index is 0.397. The number of ether oxygens (including phenoxy) is 1. The fourth-order valence-electron chi connectivity index (χ4n) is 1.16. The van der Waals surface area contributed by atoms with Gasteiger partial charge < -0.3 is 10.5 Å². The molecule has 0 radical (unpaired) electrons. The monoisotopic (exact) mass is 269 g/mol. The van der Waals surface area contributed by atoms with Crippen molar-refractivity contribution in [2.75, 3.05) is 18.2 Å². The number of rotatable bonds is 3. The van der Waals surface area contributed by atoms with E-state index >= 15 is 0 Å². The third-order valence-electron chi connectivity index (χ3n) is 1.88. The number of esters is 1. The number of carbonyl (C=O) groups excluding carboxylic acids is 1. The van der Waals surface area contributed by atoms with Crippen LogP contribution in [0.3, 0.4) is 0 Å². The Kier molecular flexibility index (Phi) is 4.37. The van der Waals surface area contributed by atoms with Gasteiger partial charge in [0.15, 0.2) is 0 Å². The molecule has 0 aliphatic heterocycles. The normalized spacial score (nSPS) is 10.5. The van der Waals surface area contributed by atoms with Gasteiger partial charge >= 0.3 is 5.97 Å². The van der Waals surface area contributed by atoms with E-state index in [0.29, 0.717) is 11.3 Å². The average Bonchev–Trinajstić information content (AvgIpc) is 2.25. The van der Waals surface area contributed by atoms with Crippen LogP contribution < -0.4 is 5.73 Å². The summed E-state index contributed by atoms with van der Waals surface area (Å²) in [6.07, 6.45) is 3.87. The van der Waals surface area contributed by atoms with Crippen molar-refractivity contribution in [2.45, 2.75) is 0 Å². The molecular formula is C11H12BrNO2. The Bertz CT molecular complexity index is 388. The molecule has 80 valence electrons. The zero-order valence-electron chi connectivity index (χ0n) is 8.37. The highest BCUT2D eigenvalue weighted by Crippen LogP contribution is 2.16. The molecule has 0 amide bonds. The Morgan fingerprint density at radius 3 is 2.87 bits per heavy atom. The summed E-state index contributed by atoms with van der Waals surface area (Å²) in [5.41, 5.74) is 7.51. The van der Waals surface area contributed by atoms with Crippen LogP contribution in [0.15, 0.2) is 24.3 Å². The number of methoxy groups -OCH3 is 1. The number of benzene rings is 1. The van der Waals surface area contributed by atoms with Gasteiger partial charge in [-0.3, -0.25) is 0 Å². The SMILES string of the molecule is COC(=O)c1ccc(C=CCBr)cc1N. The standard InChI is InChI=1S/C11H12BrNO2/c1-15-11(14)9-5-4-8(3-2-6-12)7-10(9)13/h2-5,7H,6,13H2,1H3. The Labute approximate surface area is 97.0 Å². The number of hydrogen-bond acceptors (Lipinski definition) is 3. The van der Waals surface area contributed by atoms with E-state index in [0.717, 1.165) is 10.9 Å². The molecule has 0 saturated carbocycles. The lowest BCUT2D eigenvalue weighted by atomic mass is 10.1. The van der Waals surface area contributed by atoms with Crippen molar-refractivity contribution < 1.29 is 9.53 Å². The van der Waals surface area contributed by atoms with Gasteiger partial charge in [-0.25, -0.2) is 4.79 Å². The van der Waals surface area contributed by atoms with Crippen molar-refractivity contribution in [3.05, 3.63) is 35.4 Å². The number of alkyl halides is 1. The molecule has 0 atom stereocenters. The van der Waals surface area contributed by atoms with E-state index in [1.807, 2.05) is 18.2 Å². The first-order chi connectivity index (χ1) is 7.19. The predicted molar refractivity (Wildman–Crippen MR) is 65.0 cm³/mol. The van der Waals surface area contributed by atoms with Crippen molar-refractivity contribution in [3.63, 3.8) is 0 Å². The van der Waals surface area contributed by atoms with E-state index < -0.39 is 5.97 Å². The van der Waals surface area contributed by atoms with E-state index in [2.05, 4.69) is 20.7 Å². The molecule has 0 spiro atoms. The van der Waals surface area contributed by atoms with E-state index in [4.69, 9.17) is 5.73 Å². The van der Waals surface area contributed by atoms with Crippen LogP contribution in [0.25, 0.3) is 6.08 Å². The fourth-order valence-corrected chi connectivity index (χ4v) is 1.35. The summed E-state index contributed by atoms with van der Waals surface area (Å²) in [6.45, 7) is 0. The maximum Gasteiger partial charge on any atom is 0.339 e. The maximum absolute atomic E-state index is 11.2. The van der Waals surface area contributed by atoms with Crippen molar-refractivity contribution >= 4 is 33.7 Å². The summed E-state index contributed by atoms with van der Waals surface area (Å²) in [6, 6.07) is 5.22. The van der Waals surface area contributed by atoms with Gasteiger partial charge in [0.1, 0.15) is 0 Å². The molecule has 2 N–H and O–H groups in total. The summed E-state index contributed by atoms with van der Waals surface area (Å²) < 4.78 is 4.59. The zero-order valence-corrected chi connectivity index (χ0v) is 9.95. The second kappa shape index (κ2) is 5.56. The fraction of sp³-hybridized carbons (Fsp3) is 0.182. The quantitative estimate of drug-likeness (QED) is 0.521. The van der Waals surface area contributed by atoms with Crippen molar-refractivity contribution in [3.8, 4) is 0 Å². The minimum atomic E-state index is -0.413. The van der Waals surface area contributed by atoms with Gasteiger partial charge in [-0.05, 0) is 17.7 Å². The molecular weight excluding hydrogens is 258 g/mol. The Morgan fingerprint density at radius 2 is 2.33 bits per heavy atom. The van der Waals surface area contributed by atoms with Gasteiger partial charge in [-0.2, -0.15) is 0 Å². The summed E-state index contributed by atoms with van der Waals surface area (Å²) in [4.78, 5) is 11.2. The number of allylic oxidation sites excluding steroid dienone is 1. The minimum Gasteiger partial charge on any atom is -0.465 e. The highest BCUT2D eigenvalue weighted by Gasteiger charge is 2.08. The van der Waals surface area contributed by atoms with E-state index in [9.17, 15) is 4.79 Å². The molecule has 0 heterocycles. The molecule has 1 aromatic carbocycles. The Hall–Kier alpha value is -1.29. The average molecular weight is 270 g/mol. The van der Waals surface area contributed by atoms with Gasteiger partial charge in [0, 0.05) is 11.0 Å². The zero-order chi connectivity index (χ0) is 11.3. The third kappa shape index (κ3) is 3.09. The van der Waals surface area contributed by atoms with Crippen LogP contribution >= 0.6 is 15.9 Å². The summed E-state index contributed by atoms with van der Waals surface area (Å²) in [5, 5.41) is 0.783. The first-order valence-corrected chi connectivity index (χ1v) is 5.51. The summed E-state index contributed by atoms with van der Waals surface area (Å²) in [7, 11) is 1.33. The second-order valence-electron chi connectivity index (χ2n) is 2.89. The number of nitrogen functional groups attached to an aromatic ring is 1. The number of nitrogens with two attached hydrogens (primary N) is 1. The molecule has 0 fully saturated rings. The predicted octanol–water partition coefficient (Wildman–Crippen LogP) is 2.46. The molecule has 1 rings (SSSR count). The van der Waals surface area contributed by atoms with Crippen molar-refractivity contribution in [2.24, 2.45) is 0 Å². The van der Waals surface area contributed by atoms with Crippen LogP contribution in [0.4, 0.5) is 5.69 Å². The number of carbonyl (C=O) groups is 1. The summed E-state index contributed by atoms with van der Waals surface area (Å²) >= 11 is 3.28. The molecule has 0 aliphatic rings. The van der Waals surface area contributed by atoms with E-state index in [1.165, 1.54) is 7.11 Å². The molecule has 3 nitrogen and oxygen atoms in total. The van der Waals surface area contributed by atoms with Crippen molar-refractivity contribution in [1.82, 2.24) is 0 Å². The Morgan fingerprint density at radius 1 is 1.60 bits per heavy atom. The highest BCUT2D eigenvalue weighted by atomic mass is 79.9. The van der Waals surface area contributed by atoms with Crippen molar-refractivity contribution in [1.29, 1.82) is 0 Å². The molecule has 0 aromatic heterocycles. The molecule has 4 heteroatoms. The Balaban J connectivity index is 2.98. The lowest BCUT2D eigenvalue weighted by Crippen LogP contribution is -2.05. The van der Waals surface area contributed by atoms with Crippen LogP contribution in [0, 0.1) is 0 Å². The third-order valence-corrected chi connectivity index (χ3v) is 2.25. The van der Waals surface area contributed by atoms with Crippen LogP contribution in [0.5, 0.6) is 0 Å². The molecule has 15 heavy (non-hydrogen) atoms. The largest absolute Gasteiger partial charge is 0.465 e. The van der Waals surface area contributed by atoms with E-state index in [1.54, 1.807) is 12.1 Å². The topological polar surface area (TPSA) is 52.3 Å². The van der Waals surface area contributed by atoms with E-state index in [-0.39, 0.29) is 0 Å². The molecule has 0 unspecified atom stereocenters. The van der Waals surface area contributed by atoms with Gasteiger partial charge in [0.05, 0.1) is 12.7 Å². The van der Waals surface area contributed by atoms with Crippen LogP contribution in [-0.2, 0) is 4.74 Å². The van der Waals surface area contributed by atoms with Gasteiger partial charge in [-0.15, -0.1) is 0 Å². The molecule has 0 bridgehead atoms. The van der Waals surface area contributed by atoms with Crippen LogP contribution in [0.2, 0.25) is 0 Å².